The molecule has 0 aliphatic carbocycles. The van der Waals surface area contributed by atoms with E-state index in [1.54, 1.807) is 6.07 Å². The van der Waals surface area contributed by atoms with Crippen molar-refractivity contribution in [3.8, 4) is 11.5 Å². The zero-order valence-corrected chi connectivity index (χ0v) is 14.5. The molecule has 0 radical (unpaired) electrons. The monoisotopic (exact) mass is 368 g/mol. The Morgan fingerprint density at radius 2 is 1.58 bits per heavy atom. The predicted octanol–water partition coefficient (Wildman–Crippen LogP) is 4.05. The Balaban J connectivity index is 2.08. The van der Waals surface area contributed by atoms with Crippen molar-refractivity contribution >= 4 is 35.0 Å². The summed E-state index contributed by atoms with van der Waals surface area (Å²) in [4.78, 5) is 24.2. The number of Topliss-reactive ketones (excluding diaryl/α,β-unsaturated/α-hetero) is 1. The van der Waals surface area contributed by atoms with E-state index in [1.165, 1.54) is 44.6 Å². The van der Waals surface area contributed by atoms with E-state index in [1.807, 2.05) is 0 Å². The number of methoxy groups -OCH3 is 2. The molecule has 0 fully saturated rings. The summed E-state index contributed by atoms with van der Waals surface area (Å²) >= 11 is 11.7. The molecule has 5 nitrogen and oxygen atoms in total. The van der Waals surface area contributed by atoms with Crippen LogP contribution in [0.3, 0.4) is 0 Å². The van der Waals surface area contributed by atoms with E-state index in [0.29, 0.717) is 16.5 Å². The Morgan fingerprint density at radius 3 is 2.12 bits per heavy atom. The maximum atomic E-state index is 12.1. The van der Waals surface area contributed by atoms with Crippen molar-refractivity contribution in [2.45, 2.75) is 0 Å². The molecular weight excluding hydrogens is 355 g/mol. The van der Waals surface area contributed by atoms with Crippen LogP contribution in [-0.2, 0) is 4.74 Å². The highest BCUT2D eigenvalue weighted by Crippen LogP contribution is 2.24. The van der Waals surface area contributed by atoms with Crippen molar-refractivity contribution in [3.63, 3.8) is 0 Å². The van der Waals surface area contributed by atoms with E-state index < -0.39 is 18.4 Å². The van der Waals surface area contributed by atoms with Crippen LogP contribution in [0, 0.1) is 0 Å². The first-order valence-electron chi connectivity index (χ1n) is 6.83. The lowest BCUT2D eigenvalue weighted by Crippen LogP contribution is -2.14. The summed E-state index contributed by atoms with van der Waals surface area (Å²) in [5.41, 5.74) is 0.443. The molecule has 0 aliphatic heterocycles. The Kier molecular flexibility index (Phi) is 6.06. The van der Waals surface area contributed by atoms with Crippen LogP contribution in [0.4, 0.5) is 0 Å². The third-order valence-electron chi connectivity index (χ3n) is 3.15. The number of esters is 1. The summed E-state index contributed by atoms with van der Waals surface area (Å²) in [6.07, 6.45) is 0. The second-order valence-electron chi connectivity index (χ2n) is 4.72. The van der Waals surface area contributed by atoms with Crippen molar-refractivity contribution in [1.29, 1.82) is 0 Å². The summed E-state index contributed by atoms with van der Waals surface area (Å²) in [6.45, 7) is -0.445. The van der Waals surface area contributed by atoms with Crippen molar-refractivity contribution < 1.29 is 23.8 Å². The fourth-order valence-electron chi connectivity index (χ4n) is 1.93. The summed E-state index contributed by atoms with van der Waals surface area (Å²) < 4.78 is 15.2. The minimum atomic E-state index is -0.675. The molecule has 0 aromatic heterocycles. The second-order valence-corrected chi connectivity index (χ2v) is 5.57. The van der Waals surface area contributed by atoms with Gasteiger partial charge in [0.1, 0.15) is 11.5 Å². The van der Waals surface area contributed by atoms with Crippen molar-refractivity contribution in [2.24, 2.45) is 0 Å². The molecule has 24 heavy (non-hydrogen) atoms. The van der Waals surface area contributed by atoms with Gasteiger partial charge in [-0.1, -0.05) is 23.2 Å². The Hall–Kier alpha value is -2.24. The molecule has 0 spiro atoms. The molecule has 0 atom stereocenters. The van der Waals surface area contributed by atoms with Gasteiger partial charge in [0.05, 0.1) is 24.8 Å². The molecule has 2 rings (SSSR count). The van der Waals surface area contributed by atoms with Crippen LogP contribution in [0.5, 0.6) is 11.5 Å². The van der Waals surface area contributed by atoms with Crippen LogP contribution in [0.2, 0.25) is 10.0 Å². The minimum Gasteiger partial charge on any atom is -0.497 e. The normalized spacial score (nSPS) is 10.2. The first-order valence-corrected chi connectivity index (χ1v) is 7.58. The standard InChI is InChI=1S/C17H14Cl2O5/c1-22-12-5-10(6-13(8-12)23-2)17(21)24-9-16(20)14-4-3-11(18)7-15(14)19/h3-8H,9H2,1-2H3. The number of ketones is 1. The van der Waals surface area contributed by atoms with Crippen molar-refractivity contribution in [1.82, 2.24) is 0 Å². The zero-order chi connectivity index (χ0) is 17.7. The Bertz CT molecular complexity index is 751. The van der Waals surface area contributed by atoms with Crippen LogP contribution in [-0.4, -0.2) is 32.6 Å². The van der Waals surface area contributed by atoms with Gasteiger partial charge >= 0.3 is 5.97 Å². The number of hydrogen-bond acceptors (Lipinski definition) is 5. The number of carbonyl (C=O) groups is 2. The fraction of sp³-hybridized carbons (Fsp3) is 0.176. The van der Waals surface area contributed by atoms with Gasteiger partial charge in [-0.05, 0) is 30.3 Å². The summed E-state index contributed by atoms with van der Waals surface area (Å²) in [5.74, 6) is -0.229. The molecule has 2 aromatic rings. The molecule has 0 heterocycles. The summed E-state index contributed by atoms with van der Waals surface area (Å²) in [5, 5.41) is 0.614. The maximum Gasteiger partial charge on any atom is 0.338 e. The molecule has 0 aliphatic rings. The number of halogens is 2. The van der Waals surface area contributed by atoms with Gasteiger partial charge in [-0.3, -0.25) is 4.79 Å². The van der Waals surface area contributed by atoms with Crippen molar-refractivity contribution in [2.75, 3.05) is 20.8 Å². The lowest BCUT2D eigenvalue weighted by atomic mass is 10.1. The maximum absolute atomic E-state index is 12.1. The van der Waals surface area contributed by atoms with Gasteiger partial charge in [0.15, 0.2) is 6.61 Å². The van der Waals surface area contributed by atoms with Gasteiger partial charge in [0.2, 0.25) is 5.78 Å². The topological polar surface area (TPSA) is 61.8 Å². The first kappa shape index (κ1) is 18.1. The van der Waals surface area contributed by atoms with Gasteiger partial charge < -0.3 is 14.2 Å². The van der Waals surface area contributed by atoms with Crippen LogP contribution in [0.15, 0.2) is 36.4 Å². The van der Waals surface area contributed by atoms with Gasteiger partial charge in [0.25, 0.3) is 0 Å². The smallest absolute Gasteiger partial charge is 0.338 e. The highest BCUT2D eigenvalue weighted by atomic mass is 35.5. The third kappa shape index (κ3) is 4.40. The number of ether oxygens (including phenoxy) is 3. The Labute approximate surface area is 149 Å². The highest BCUT2D eigenvalue weighted by Gasteiger charge is 2.16. The number of benzene rings is 2. The molecule has 0 amide bonds. The molecule has 7 heteroatoms. The second kappa shape index (κ2) is 8.04. The summed E-state index contributed by atoms with van der Waals surface area (Å²) in [6, 6.07) is 9.07. The average molecular weight is 369 g/mol. The average Bonchev–Trinajstić information content (AvgIpc) is 2.58. The lowest BCUT2D eigenvalue weighted by molar-refractivity contribution is 0.0474. The summed E-state index contributed by atoms with van der Waals surface area (Å²) in [7, 11) is 2.94. The van der Waals surface area contributed by atoms with Crippen LogP contribution in [0.25, 0.3) is 0 Å². The largest absolute Gasteiger partial charge is 0.497 e. The van der Waals surface area contributed by atoms with E-state index in [0.717, 1.165) is 0 Å². The SMILES string of the molecule is COc1cc(OC)cc(C(=O)OCC(=O)c2ccc(Cl)cc2Cl)c1. The molecule has 2 aromatic carbocycles. The van der Waals surface area contributed by atoms with Gasteiger partial charge in [-0.2, -0.15) is 0 Å². The molecule has 0 N–H and O–H groups in total. The highest BCUT2D eigenvalue weighted by molar-refractivity contribution is 6.36. The molecule has 0 saturated carbocycles. The zero-order valence-electron chi connectivity index (χ0n) is 13.0. The van der Waals surface area contributed by atoms with E-state index in [4.69, 9.17) is 37.4 Å². The van der Waals surface area contributed by atoms with E-state index >= 15 is 0 Å². The number of carbonyl (C=O) groups excluding carboxylic acids is 2. The molecular formula is C17H14Cl2O5. The van der Waals surface area contributed by atoms with Gasteiger partial charge in [0, 0.05) is 16.7 Å². The van der Waals surface area contributed by atoms with Gasteiger partial charge in [-0.15, -0.1) is 0 Å². The molecule has 126 valence electrons. The van der Waals surface area contributed by atoms with E-state index in [9.17, 15) is 9.59 Å². The quantitative estimate of drug-likeness (QED) is 0.568. The van der Waals surface area contributed by atoms with Crippen LogP contribution < -0.4 is 9.47 Å². The third-order valence-corrected chi connectivity index (χ3v) is 3.70. The lowest BCUT2D eigenvalue weighted by Gasteiger charge is -2.09. The molecule has 0 unspecified atom stereocenters. The minimum absolute atomic E-state index is 0.201. The Morgan fingerprint density at radius 1 is 0.958 bits per heavy atom. The van der Waals surface area contributed by atoms with E-state index in [-0.39, 0.29) is 16.1 Å². The first-order chi connectivity index (χ1) is 11.4. The fourth-order valence-corrected chi connectivity index (χ4v) is 2.45. The van der Waals surface area contributed by atoms with Gasteiger partial charge in [-0.25, -0.2) is 4.79 Å². The molecule has 0 bridgehead atoms. The predicted molar refractivity (Wildman–Crippen MR) is 90.6 cm³/mol. The van der Waals surface area contributed by atoms with Crippen molar-refractivity contribution in [3.05, 3.63) is 57.6 Å². The van der Waals surface area contributed by atoms with E-state index in [2.05, 4.69) is 0 Å². The number of rotatable bonds is 6. The molecule has 0 saturated heterocycles. The van der Waals surface area contributed by atoms with Crippen LogP contribution in [0.1, 0.15) is 20.7 Å². The van der Waals surface area contributed by atoms with Crippen LogP contribution >= 0.6 is 23.2 Å². The number of hydrogen-bond donors (Lipinski definition) is 0.